The molecule has 1 atom stereocenters. The average Bonchev–Trinajstić information content (AvgIpc) is 2.95. The van der Waals surface area contributed by atoms with Crippen LogP contribution < -0.4 is 21.3 Å². The third-order valence-corrected chi connectivity index (χ3v) is 3.07. The number of nitrogens with one attached hydrogen (secondary N) is 2. The van der Waals surface area contributed by atoms with Gasteiger partial charge in [-0.15, -0.1) is 0 Å². The van der Waals surface area contributed by atoms with Crippen LogP contribution in [0.2, 0.25) is 0 Å². The van der Waals surface area contributed by atoms with Crippen molar-refractivity contribution in [3.63, 3.8) is 0 Å². The Hall–Kier alpha value is -2.44. The van der Waals surface area contributed by atoms with Gasteiger partial charge in [-0.2, -0.15) is 0 Å². The zero-order valence-corrected chi connectivity index (χ0v) is 11.1. The molecule has 0 bridgehead atoms. The van der Waals surface area contributed by atoms with Crippen molar-refractivity contribution in [1.82, 2.24) is 10.3 Å². The number of likely N-dealkylation sites (tertiary alicyclic amines) is 1. The van der Waals surface area contributed by atoms with Crippen LogP contribution in [0.25, 0.3) is 0 Å². The topological polar surface area (TPSA) is 96.7 Å². The first kappa shape index (κ1) is 14.0. The summed E-state index contributed by atoms with van der Waals surface area (Å²) < 4.78 is 5.04. The van der Waals surface area contributed by atoms with Crippen molar-refractivity contribution in [2.24, 2.45) is 5.73 Å². The van der Waals surface area contributed by atoms with Gasteiger partial charge in [-0.1, -0.05) is 0 Å². The molecule has 0 aliphatic carbocycles. The van der Waals surface area contributed by atoms with Crippen LogP contribution in [-0.4, -0.2) is 36.5 Å². The molecule has 1 aromatic rings. The number of amides is 3. The van der Waals surface area contributed by atoms with E-state index in [0.717, 1.165) is 5.75 Å². The number of hydrogen-bond acceptors (Lipinski definition) is 4. The number of urea groups is 1. The lowest BCUT2D eigenvalue weighted by molar-refractivity contribution is -0.123. The molecular formula is C13H17N4O3. The molecule has 107 valence electrons. The normalized spacial score (nSPS) is 17.6. The summed E-state index contributed by atoms with van der Waals surface area (Å²) in [6, 6.07) is 5.85. The van der Waals surface area contributed by atoms with Crippen LogP contribution in [0.4, 0.5) is 10.5 Å². The fourth-order valence-electron chi connectivity index (χ4n) is 2.02. The van der Waals surface area contributed by atoms with E-state index >= 15 is 0 Å². The number of carbonyl (C=O) groups excluding carboxylic acids is 2. The van der Waals surface area contributed by atoms with Crippen molar-refractivity contribution in [3.8, 4) is 5.75 Å². The molecule has 1 aliphatic heterocycles. The molecule has 7 heteroatoms. The van der Waals surface area contributed by atoms with Crippen molar-refractivity contribution in [2.75, 3.05) is 19.1 Å². The Kier molecular flexibility index (Phi) is 4.29. The number of ether oxygens (including phenoxy) is 1. The summed E-state index contributed by atoms with van der Waals surface area (Å²) in [6.45, 7) is 0.468. The van der Waals surface area contributed by atoms with Crippen LogP contribution in [0, 0.1) is 6.42 Å². The maximum Gasteiger partial charge on any atom is 0.315 e. The van der Waals surface area contributed by atoms with Gasteiger partial charge >= 0.3 is 6.03 Å². The Morgan fingerprint density at radius 2 is 2.05 bits per heavy atom. The maximum atomic E-state index is 12.0. The predicted molar refractivity (Wildman–Crippen MR) is 73.8 cm³/mol. The quantitative estimate of drug-likeness (QED) is 0.698. The number of benzene rings is 1. The number of methoxy groups -OCH3 is 1. The molecule has 0 spiro atoms. The zero-order valence-electron chi connectivity index (χ0n) is 11.1. The van der Waals surface area contributed by atoms with Crippen LogP contribution >= 0.6 is 0 Å². The van der Waals surface area contributed by atoms with Crippen molar-refractivity contribution in [2.45, 2.75) is 12.5 Å². The van der Waals surface area contributed by atoms with Gasteiger partial charge < -0.3 is 15.4 Å². The van der Waals surface area contributed by atoms with E-state index in [4.69, 9.17) is 10.5 Å². The minimum absolute atomic E-state index is 0.322. The third kappa shape index (κ3) is 3.11. The van der Waals surface area contributed by atoms with Crippen LogP contribution in [0.1, 0.15) is 6.42 Å². The molecule has 1 fully saturated rings. The smallest absolute Gasteiger partial charge is 0.315 e. The van der Waals surface area contributed by atoms with Crippen LogP contribution in [0.3, 0.4) is 0 Å². The van der Waals surface area contributed by atoms with Gasteiger partial charge in [0, 0.05) is 6.54 Å². The number of hydrogen-bond donors (Lipinski definition) is 3. The molecule has 0 saturated carbocycles. The van der Waals surface area contributed by atoms with Gasteiger partial charge in [0.15, 0.2) is 0 Å². The minimum atomic E-state index is -0.627. The number of rotatable bonds is 4. The van der Waals surface area contributed by atoms with E-state index in [1.54, 1.807) is 37.8 Å². The van der Waals surface area contributed by atoms with Gasteiger partial charge in [-0.05, 0) is 37.1 Å². The largest absolute Gasteiger partial charge is 0.497 e. The van der Waals surface area contributed by atoms with E-state index in [1.165, 1.54) is 4.90 Å². The Morgan fingerprint density at radius 1 is 1.35 bits per heavy atom. The van der Waals surface area contributed by atoms with Crippen molar-refractivity contribution >= 4 is 17.6 Å². The van der Waals surface area contributed by atoms with E-state index in [0.29, 0.717) is 18.7 Å². The number of primary amides is 1. The lowest BCUT2D eigenvalue weighted by Crippen LogP contribution is -2.49. The van der Waals surface area contributed by atoms with E-state index in [-0.39, 0.29) is 5.91 Å². The van der Waals surface area contributed by atoms with Gasteiger partial charge in [-0.3, -0.25) is 15.6 Å². The number of carbonyl (C=O) groups is 2. The molecule has 1 heterocycles. The second-order valence-corrected chi connectivity index (χ2v) is 4.34. The van der Waals surface area contributed by atoms with Gasteiger partial charge in [0.1, 0.15) is 11.8 Å². The molecule has 1 aromatic carbocycles. The first-order valence-electron chi connectivity index (χ1n) is 6.21. The monoisotopic (exact) mass is 277 g/mol. The lowest BCUT2D eigenvalue weighted by atomic mass is 10.2. The van der Waals surface area contributed by atoms with Crippen molar-refractivity contribution in [3.05, 3.63) is 30.7 Å². The lowest BCUT2D eigenvalue weighted by Gasteiger charge is -2.21. The summed E-state index contributed by atoms with van der Waals surface area (Å²) >= 11 is 0. The molecule has 1 unspecified atom stereocenters. The fraction of sp³-hybridized carbons (Fsp3) is 0.308. The summed E-state index contributed by atoms with van der Waals surface area (Å²) in [4.78, 5) is 24.5. The Labute approximate surface area is 117 Å². The molecule has 0 aromatic heterocycles. The highest BCUT2D eigenvalue weighted by molar-refractivity contribution is 5.89. The Bertz CT molecular complexity index is 489. The van der Waals surface area contributed by atoms with Crippen molar-refractivity contribution in [1.29, 1.82) is 0 Å². The fourth-order valence-corrected chi connectivity index (χ4v) is 2.02. The van der Waals surface area contributed by atoms with Crippen molar-refractivity contribution < 1.29 is 14.3 Å². The summed E-state index contributed by atoms with van der Waals surface area (Å²) in [5.74, 6) is 0.406. The Morgan fingerprint density at radius 3 is 2.65 bits per heavy atom. The first-order valence-corrected chi connectivity index (χ1v) is 6.21. The molecule has 4 N–H and O–H groups in total. The molecule has 7 nitrogen and oxygen atoms in total. The number of nitrogens with zero attached hydrogens (tertiary/aromatic N) is 1. The number of nitrogens with two attached hydrogens (primary N) is 1. The predicted octanol–water partition coefficient (Wildman–Crippen LogP) is 0.496. The minimum Gasteiger partial charge on any atom is -0.497 e. The van der Waals surface area contributed by atoms with Crippen LogP contribution in [0.15, 0.2) is 24.3 Å². The SMILES string of the molecule is COc1ccc(NNC(=O)C2[CH]CCN2C(N)=O)cc1. The Balaban J connectivity index is 1.89. The summed E-state index contributed by atoms with van der Waals surface area (Å²) in [6.07, 6.45) is 2.42. The average molecular weight is 277 g/mol. The van der Waals surface area contributed by atoms with E-state index in [9.17, 15) is 9.59 Å². The second kappa shape index (κ2) is 6.14. The third-order valence-electron chi connectivity index (χ3n) is 3.07. The van der Waals surface area contributed by atoms with Gasteiger partial charge in [0.2, 0.25) is 0 Å². The van der Waals surface area contributed by atoms with Gasteiger partial charge in [-0.25, -0.2) is 4.79 Å². The van der Waals surface area contributed by atoms with Crippen LogP contribution in [0.5, 0.6) is 5.75 Å². The van der Waals surface area contributed by atoms with E-state index in [1.807, 2.05) is 0 Å². The summed E-state index contributed by atoms with van der Waals surface area (Å²) in [5, 5.41) is 0. The molecule has 2 rings (SSSR count). The standard InChI is InChI=1S/C13H17N4O3/c1-20-10-6-4-9(5-7-10)15-16-12(18)11-3-2-8-17(11)13(14)19/h3-7,11,15H,2,8H2,1H3,(H2,14,19)(H,16,18). The van der Waals surface area contributed by atoms with Crippen LogP contribution in [-0.2, 0) is 4.79 Å². The number of anilines is 1. The maximum absolute atomic E-state index is 12.0. The highest BCUT2D eigenvalue weighted by atomic mass is 16.5. The first-order chi connectivity index (χ1) is 9.61. The highest BCUT2D eigenvalue weighted by Crippen LogP contribution is 2.17. The molecular weight excluding hydrogens is 260 g/mol. The highest BCUT2D eigenvalue weighted by Gasteiger charge is 2.33. The number of hydrazine groups is 1. The molecule has 3 amide bonds. The summed E-state index contributed by atoms with van der Waals surface area (Å²) in [5.41, 5.74) is 11.3. The second-order valence-electron chi connectivity index (χ2n) is 4.34. The summed E-state index contributed by atoms with van der Waals surface area (Å²) in [7, 11) is 1.58. The molecule has 1 aliphatic rings. The van der Waals surface area contributed by atoms with Gasteiger partial charge in [0.25, 0.3) is 5.91 Å². The van der Waals surface area contributed by atoms with E-state index < -0.39 is 12.1 Å². The zero-order chi connectivity index (χ0) is 14.5. The van der Waals surface area contributed by atoms with Gasteiger partial charge in [0.05, 0.1) is 12.8 Å². The molecule has 1 saturated heterocycles. The molecule has 1 radical (unpaired) electrons. The molecule has 20 heavy (non-hydrogen) atoms. The van der Waals surface area contributed by atoms with E-state index in [2.05, 4.69) is 10.9 Å².